The van der Waals surface area contributed by atoms with Gasteiger partial charge in [0.15, 0.2) is 0 Å². The Kier molecular flexibility index (Phi) is 6.09. The summed E-state index contributed by atoms with van der Waals surface area (Å²) in [5, 5.41) is 3.15. The minimum atomic E-state index is -3.21. The molecule has 1 unspecified atom stereocenters. The zero-order valence-corrected chi connectivity index (χ0v) is 19.3. The second kappa shape index (κ2) is 8.05. The number of rotatable bonds is 4. The third-order valence-electron chi connectivity index (χ3n) is 5.62. The number of aliphatic imine (C=N–C) groups is 1. The van der Waals surface area contributed by atoms with Crippen molar-refractivity contribution in [2.45, 2.75) is 44.4 Å². The predicted octanol–water partition coefficient (Wildman–Crippen LogP) is 4.80. The summed E-state index contributed by atoms with van der Waals surface area (Å²) in [5.41, 5.74) is 6.04. The standard InChI is InChI=1S/C21H26ClFN4O3S/c1-5-12-8-13(22)10-25-17(12)18(28)26-14-6-7-16(23)15(9-14)21(4)11-31(29,30)20(2,3)19(24)27-21/h6-10,29-30H,5,11H2,1-4H3,(H2,24,27)(H,26,28). The number of nitrogens with zero attached hydrogens (tertiary/aromatic N) is 2. The van der Waals surface area contributed by atoms with Gasteiger partial charge in [-0.3, -0.25) is 18.9 Å². The Bertz CT molecular complexity index is 1080. The minimum Gasteiger partial charge on any atom is -0.386 e. The second-order valence-corrected chi connectivity index (χ2v) is 11.3. The molecule has 0 saturated heterocycles. The third kappa shape index (κ3) is 4.27. The molecular formula is C21H26ClFN4O3S. The number of anilines is 1. The molecule has 1 aromatic carbocycles. The van der Waals surface area contributed by atoms with Crippen molar-refractivity contribution in [1.29, 1.82) is 0 Å². The number of amides is 1. The first-order valence-corrected chi connectivity index (χ1v) is 11.8. The van der Waals surface area contributed by atoms with Gasteiger partial charge in [-0.15, -0.1) is 0 Å². The minimum absolute atomic E-state index is 0.0352. The van der Waals surface area contributed by atoms with Gasteiger partial charge in [-0.1, -0.05) is 18.5 Å². The molecule has 1 aliphatic rings. The molecule has 1 aromatic heterocycles. The molecule has 3 rings (SSSR count). The molecule has 1 amide bonds. The number of pyridine rings is 1. The van der Waals surface area contributed by atoms with Crippen LogP contribution in [0.1, 0.15) is 49.3 Å². The van der Waals surface area contributed by atoms with Gasteiger partial charge >= 0.3 is 0 Å². The summed E-state index contributed by atoms with van der Waals surface area (Å²) in [6.07, 6.45) is 1.95. The summed E-state index contributed by atoms with van der Waals surface area (Å²) < 4.78 is 35.0. The van der Waals surface area contributed by atoms with Crippen LogP contribution in [0.3, 0.4) is 0 Å². The smallest absolute Gasteiger partial charge is 0.274 e. The summed E-state index contributed by atoms with van der Waals surface area (Å²) in [6, 6.07) is 5.72. The Balaban J connectivity index is 1.98. The largest absolute Gasteiger partial charge is 0.386 e. The zero-order valence-electron chi connectivity index (χ0n) is 17.7. The molecule has 1 atom stereocenters. The van der Waals surface area contributed by atoms with Gasteiger partial charge in [0.05, 0.1) is 10.8 Å². The first-order chi connectivity index (χ1) is 14.3. The molecule has 2 aromatic rings. The Morgan fingerprint density at radius 2 is 2.00 bits per heavy atom. The molecule has 168 valence electrons. The van der Waals surface area contributed by atoms with Crippen LogP contribution in [0.4, 0.5) is 10.1 Å². The molecular weight excluding hydrogens is 443 g/mol. The van der Waals surface area contributed by atoms with Crippen molar-refractivity contribution >= 4 is 39.6 Å². The normalized spacial score (nSPS) is 23.0. The SMILES string of the molecule is CCc1cc(Cl)cnc1C(=O)Nc1ccc(F)c(C2(C)CS(O)(O)C(C)(C)C(N)=N2)c1. The molecule has 0 spiro atoms. The molecule has 0 radical (unpaired) electrons. The van der Waals surface area contributed by atoms with Crippen molar-refractivity contribution in [2.24, 2.45) is 10.7 Å². The summed E-state index contributed by atoms with van der Waals surface area (Å²) in [5.74, 6) is -1.21. The number of hydrogen-bond donors (Lipinski definition) is 4. The fourth-order valence-corrected chi connectivity index (χ4v) is 5.40. The first kappa shape index (κ1) is 23.5. The number of carbonyl (C=O) groups excluding carboxylic acids is 1. The fourth-order valence-electron chi connectivity index (χ4n) is 3.47. The van der Waals surface area contributed by atoms with Crippen molar-refractivity contribution in [1.82, 2.24) is 4.98 Å². The summed E-state index contributed by atoms with van der Waals surface area (Å²) in [7, 11) is -3.21. The second-order valence-electron chi connectivity index (χ2n) is 8.26. The Morgan fingerprint density at radius 3 is 2.61 bits per heavy atom. The van der Waals surface area contributed by atoms with Gasteiger partial charge in [-0.25, -0.2) is 9.37 Å². The van der Waals surface area contributed by atoms with Crippen LogP contribution in [0.2, 0.25) is 5.02 Å². The molecule has 2 heterocycles. The molecule has 7 nitrogen and oxygen atoms in total. The zero-order chi connectivity index (χ0) is 23.2. The maximum absolute atomic E-state index is 14.8. The number of amidine groups is 1. The molecule has 0 saturated carbocycles. The van der Waals surface area contributed by atoms with Crippen LogP contribution >= 0.6 is 22.2 Å². The quantitative estimate of drug-likeness (QED) is 0.513. The van der Waals surface area contributed by atoms with Gasteiger partial charge in [-0.2, -0.15) is 10.6 Å². The van der Waals surface area contributed by atoms with Crippen molar-refractivity contribution in [3.63, 3.8) is 0 Å². The first-order valence-electron chi connectivity index (χ1n) is 9.68. The van der Waals surface area contributed by atoms with Crippen LogP contribution in [-0.2, 0) is 12.0 Å². The van der Waals surface area contributed by atoms with Gasteiger partial charge in [0.25, 0.3) is 5.91 Å². The van der Waals surface area contributed by atoms with Crippen LogP contribution in [0.25, 0.3) is 0 Å². The number of carbonyl (C=O) groups is 1. The monoisotopic (exact) mass is 468 g/mol. The van der Waals surface area contributed by atoms with Gasteiger partial charge in [0, 0.05) is 17.4 Å². The molecule has 31 heavy (non-hydrogen) atoms. The van der Waals surface area contributed by atoms with Crippen molar-refractivity contribution in [3.05, 3.63) is 58.1 Å². The highest BCUT2D eigenvalue weighted by Crippen LogP contribution is 2.59. The Morgan fingerprint density at radius 1 is 1.32 bits per heavy atom. The van der Waals surface area contributed by atoms with E-state index in [-0.39, 0.29) is 22.8 Å². The van der Waals surface area contributed by atoms with Crippen molar-refractivity contribution in [2.75, 3.05) is 11.1 Å². The van der Waals surface area contributed by atoms with Crippen molar-refractivity contribution in [3.8, 4) is 0 Å². The predicted molar refractivity (Wildman–Crippen MR) is 124 cm³/mol. The maximum Gasteiger partial charge on any atom is 0.274 e. The molecule has 0 aliphatic carbocycles. The molecule has 5 N–H and O–H groups in total. The van der Waals surface area contributed by atoms with Crippen molar-refractivity contribution < 1.29 is 18.3 Å². The topological polar surface area (TPSA) is 121 Å². The Labute approximate surface area is 187 Å². The average Bonchev–Trinajstić information content (AvgIpc) is 2.67. The number of aryl methyl sites for hydroxylation is 1. The van der Waals surface area contributed by atoms with E-state index in [0.29, 0.717) is 22.7 Å². The van der Waals surface area contributed by atoms with Crippen LogP contribution in [0, 0.1) is 5.82 Å². The highest BCUT2D eigenvalue weighted by Gasteiger charge is 2.49. The number of nitrogens with one attached hydrogen (secondary N) is 1. The molecule has 0 bridgehead atoms. The number of nitrogens with two attached hydrogens (primary N) is 1. The van der Waals surface area contributed by atoms with Crippen LogP contribution in [0.15, 0.2) is 35.5 Å². The molecule has 10 heteroatoms. The lowest BCUT2D eigenvalue weighted by atomic mass is 9.92. The molecule has 0 fully saturated rings. The fraction of sp³-hybridized carbons (Fsp3) is 0.381. The number of hydrogen-bond acceptors (Lipinski definition) is 6. The van der Waals surface area contributed by atoms with Crippen LogP contribution in [-0.4, -0.2) is 36.3 Å². The van der Waals surface area contributed by atoms with E-state index in [1.165, 1.54) is 24.4 Å². The van der Waals surface area contributed by atoms with Gasteiger partial charge in [0.2, 0.25) is 0 Å². The van der Waals surface area contributed by atoms with Crippen LogP contribution < -0.4 is 11.1 Å². The molecule has 1 aliphatic heterocycles. The lowest BCUT2D eigenvalue weighted by molar-refractivity contribution is 0.102. The lowest BCUT2D eigenvalue weighted by Gasteiger charge is -2.53. The van der Waals surface area contributed by atoms with E-state index >= 15 is 0 Å². The van der Waals surface area contributed by atoms with E-state index in [0.717, 1.165) is 0 Å². The summed E-state index contributed by atoms with van der Waals surface area (Å²) in [4.78, 5) is 21.3. The number of aromatic nitrogens is 1. The Hall–Kier alpha value is -2.20. The van der Waals surface area contributed by atoms with E-state index in [2.05, 4.69) is 15.3 Å². The van der Waals surface area contributed by atoms with Gasteiger partial charge in [0.1, 0.15) is 27.6 Å². The summed E-state index contributed by atoms with van der Waals surface area (Å²) in [6.45, 7) is 6.66. The number of halogens is 2. The average molecular weight is 469 g/mol. The summed E-state index contributed by atoms with van der Waals surface area (Å²) >= 11 is 5.96. The third-order valence-corrected chi connectivity index (χ3v) is 8.63. The van der Waals surface area contributed by atoms with Gasteiger partial charge < -0.3 is 11.1 Å². The van der Waals surface area contributed by atoms with E-state index in [1.807, 2.05) is 6.92 Å². The van der Waals surface area contributed by atoms with E-state index in [4.69, 9.17) is 17.3 Å². The van der Waals surface area contributed by atoms with E-state index < -0.39 is 32.6 Å². The van der Waals surface area contributed by atoms with Gasteiger partial charge in [-0.05, 0) is 57.0 Å². The van der Waals surface area contributed by atoms with E-state index in [1.54, 1.807) is 26.8 Å². The maximum atomic E-state index is 14.8. The highest BCUT2D eigenvalue weighted by atomic mass is 35.5. The highest BCUT2D eigenvalue weighted by molar-refractivity contribution is 8.26. The lowest BCUT2D eigenvalue weighted by Crippen LogP contribution is -2.52. The van der Waals surface area contributed by atoms with E-state index in [9.17, 15) is 18.3 Å². The number of benzene rings is 1. The van der Waals surface area contributed by atoms with Crippen LogP contribution in [0.5, 0.6) is 0 Å².